The van der Waals surface area contributed by atoms with Crippen LogP contribution in [0.25, 0.3) is 0 Å². The molecule has 0 saturated carbocycles. The predicted octanol–water partition coefficient (Wildman–Crippen LogP) is 2.74. The Balaban J connectivity index is 2.37. The zero-order valence-electron chi connectivity index (χ0n) is 9.01. The first-order valence-corrected chi connectivity index (χ1v) is 7.75. The van der Waals surface area contributed by atoms with Crippen molar-refractivity contribution in [2.75, 3.05) is 4.72 Å². The molecule has 0 aliphatic carbocycles. The molecule has 0 bridgehead atoms. The van der Waals surface area contributed by atoms with Crippen LogP contribution in [0.2, 0.25) is 10.3 Å². The molecule has 0 aromatic carbocycles. The molecule has 2 heterocycles. The van der Waals surface area contributed by atoms with E-state index in [1.54, 1.807) is 0 Å². The number of hydrogen-bond acceptors (Lipinski definition) is 5. The summed E-state index contributed by atoms with van der Waals surface area (Å²) in [5.41, 5.74) is 0. The van der Waals surface area contributed by atoms with E-state index in [2.05, 4.69) is 35.8 Å². The highest BCUT2D eigenvalue weighted by Gasteiger charge is 2.20. The van der Waals surface area contributed by atoms with Gasteiger partial charge in [0.15, 0.2) is 11.0 Å². The van der Waals surface area contributed by atoms with Crippen LogP contribution in [0.3, 0.4) is 0 Å². The molecule has 0 unspecified atom stereocenters. The van der Waals surface area contributed by atoms with E-state index in [1.165, 1.54) is 24.4 Å². The minimum atomic E-state index is -3.90. The molecule has 0 amide bonds. The summed E-state index contributed by atoms with van der Waals surface area (Å²) in [4.78, 5) is 3.58. The second-order valence-electron chi connectivity index (χ2n) is 3.29. The van der Waals surface area contributed by atoms with Gasteiger partial charge in [-0.15, -0.1) is 10.2 Å². The van der Waals surface area contributed by atoms with Gasteiger partial charge in [-0.25, -0.2) is 13.4 Å². The molecule has 0 aliphatic rings. The number of aromatic nitrogens is 3. The molecule has 0 aliphatic heterocycles. The Labute approximate surface area is 127 Å². The summed E-state index contributed by atoms with van der Waals surface area (Å²) in [6.45, 7) is 0. The zero-order chi connectivity index (χ0) is 14.0. The number of sulfonamides is 1. The van der Waals surface area contributed by atoms with Gasteiger partial charge in [0.05, 0.1) is 0 Å². The summed E-state index contributed by atoms with van der Waals surface area (Å²) in [5, 5.41) is 7.14. The highest BCUT2D eigenvalue weighted by molar-refractivity contribution is 9.10. The van der Waals surface area contributed by atoms with E-state index in [-0.39, 0.29) is 21.0 Å². The summed E-state index contributed by atoms with van der Waals surface area (Å²) < 4.78 is 26.9. The van der Waals surface area contributed by atoms with E-state index in [9.17, 15) is 8.42 Å². The van der Waals surface area contributed by atoms with Crippen molar-refractivity contribution in [3.05, 3.63) is 39.2 Å². The van der Waals surface area contributed by atoms with Crippen LogP contribution in [0, 0.1) is 0 Å². The van der Waals surface area contributed by atoms with Gasteiger partial charge in [-0.2, -0.15) is 0 Å². The zero-order valence-corrected chi connectivity index (χ0v) is 12.9. The van der Waals surface area contributed by atoms with Crippen molar-refractivity contribution >= 4 is 55.0 Å². The number of hydrogen-bond donors (Lipinski definition) is 1. The van der Waals surface area contributed by atoms with E-state index in [1.807, 2.05) is 0 Å². The molecule has 0 fully saturated rings. The second kappa shape index (κ2) is 5.58. The third-order valence-electron chi connectivity index (χ3n) is 1.93. The Bertz CT molecular complexity index is 709. The lowest BCUT2D eigenvalue weighted by atomic mass is 10.5. The number of nitrogens with zero attached hydrogens (tertiary/aromatic N) is 3. The molecular weight excluding hydrogens is 379 g/mol. The molecule has 0 saturated heterocycles. The summed E-state index contributed by atoms with van der Waals surface area (Å²) in [6, 6.07) is 4.13. The first-order valence-electron chi connectivity index (χ1n) is 4.71. The van der Waals surface area contributed by atoms with Gasteiger partial charge in [0, 0.05) is 10.7 Å². The summed E-state index contributed by atoms with van der Waals surface area (Å²) in [6.07, 6.45) is 1.39. The smallest absolute Gasteiger partial charge is 0.262 e. The minimum absolute atomic E-state index is 0.0282. The fourth-order valence-electron chi connectivity index (χ4n) is 1.16. The lowest BCUT2D eigenvalue weighted by Gasteiger charge is -2.08. The molecule has 6 nitrogen and oxygen atoms in total. The SMILES string of the molecule is O=S(=O)(Nc1ccc(Cl)nn1)c1cc(Br)cnc1Cl. The average Bonchev–Trinajstić information content (AvgIpc) is 2.35. The van der Waals surface area contributed by atoms with Gasteiger partial charge in [-0.3, -0.25) is 4.72 Å². The standard InChI is InChI=1S/C9H5BrCl2N4O2S/c10-5-3-6(9(12)13-4-5)19(17,18)16-8-2-1-7(11)14-15-8/h1-4H,(H,15,16). The highest BCUT2D eigenvalue weighted by atomic mass is 79.9. The van der Waals surface area contributed by atoms with Gasteiger partial charge in [0.2, 0.25) is 0 Å². The number of halogens is 3. The largest absolute Gasteiger partial charge is 0.266 e. The number of nitrogens with one attached hydrogen (secondary N) is 1. The normalized spacial score (nSPS) is 11.3. The van der Waals surface area contributed by atoms with E-state index >= 15 is 0 Å². The molecular formula is C9H5BrCl2N4O2S. The predicted molar refractivity (Wildman–Crippen MR) is 74.8 cm³/mol. The average molecular weight is 384 g/mol. The molecule has 1 N–H and O–H groups in total. The van der Waals surface area contributed by atoms with Crippen molar-refractivity contribution in [2.45, 2.75) is 4.90 Å². The van der Waals surface area contributed by atoms with Crippen LogP contribution >= 0.6 is 39.1 Å². The van der Waals surface area contributed by atoms with Crippen molar-refractivity contribution in [1.82, 2.24) is 15.2 Å². The number of anilines is 1. The summed E-state index contributed by atoms with van der Waals surface area (Å²) in [5.74, 6) is 0.0282. The molecule has 10 heteroatoms. The molecule has 0 radical (unpaired) electrons. The van der Waals surface area contributed by atoms with Crippen LogP contribution in [-0.4, -0.2) is 23.6 Å². The first-order chi connectivity index (χ1) is 8.88. The molecule has 2 rings (SSSR count). The fraction of sp³-hybridized carbons (Fsp3) is 0. The van der Waals surface area contributed by atoms with Gasteiger partial charge in [0.1, 0.15) is 10.0 Å². The summed E-state index contributed by atoms with van der Waals surface area (Å²) in [7, 11) is -3.90. The van der Waals surface area contributed by atoms with E-state index in [4.69, 9.17) is 23.2 Å². The van der Waals surface area contributed by atoms with Crippen LogP contribution in [0.1, 0.15) is 0 Å². The maximum atomic E-state index is 12.1. The molecule has 2 aromatic rings. The molecule has 100 valence electrons. The third-order valence-corrected chi connectivity index (χ3v) is 4.35. The maximum Gasteiger partial charge on any atom is 0.266 e. The topological polar surface area (TPSA) is 84.8 Å². The van der Waals surface area contributed by atoms with Crippen LogP contribution in [0.15, 0.2) is 33.8 Å². The number of rotatable bonds is 3. The van der Waals surface area contributed by atoms with Gasteiger partial charge < -0.3 is 0 Å². The molecule has 2 aromatic heterocycles. The Morgan fingerprint density at radius 2 is 1.95 bits per heavy atom. The Kier molecular flexibility index (Phi) is 4.24. The lowest BCUT2D eigenvalue weighted by molar-refractivity contribution is 0.600. The van der Waals surface area contributed by atoms with E-state index in [0.29, 0.717) is 4.47 Å². The van der Waals surface area contributed by atoms with Crippen molar-refractivity contribution in [3.63, 3.8) is 0 Å². The molecule has 0 spiro atoms. The Morgan fingerprint density at radius 3 is 2.58 bits per heavy atom. The van der Waals surface area contributed by atoms with Crippen molar-refractivity contribution < 1.29 is 8.42 Å². The number of pyridine rings is 1. The van der Waals surface area contributed by atoms with Crippen LogP contribution in [-0.2, 0) is 10.0 Å². The van der Waals surface area contributed by atoms with Gasteiger partial charge >= 0.3 is 0 Å². The van der Waals surface area contributed by atoms with Gasteiger partial charge in [-0.05, 0) is 34.1 Å². The summed E-state index contributed by atoms with van der Waals surface area (Å²) >= 11 is 14.4. The van der Waals surface area contributed by atoms with Gasteiger partial charge in [-0.1, -0.05) is 23.2 Å². The maximum absolute atomic E-state index is 12.1. The first kappa shape index (κ1) is 14.4. The fourth-order valence-corrected chi connectivity index (χ4v) is 3.20. The minimum Gasteiger partial charge on any atom is -0.262 e. The van der Waals surface area contributed by atoms with Crippen molar-refractivity contribution in [2.24, 2.45) is 0 Å². The molecule has 19 heavy (non-hydrogen) atoms. The second-order valence-corrected chi connectivity index (χ2v) is 6.60. The van der Waals surface area contributed by atoms with Crippen molar-refractivity contribution in [3.8, 4) is 0 Å². The lowest BCUT2D eigenvalue weighted by Crippen LogP contribution is -2.15. The monoisotopic (exact) mass is 382 g/mol. The van der Waals surface area contributed by atoms with Crippen LogP contribution in [0.5, 0.6) is 0 Å². The Morgan fingerprint density at radius 1 is 1.21 bits per heavy atom. The quantitative estimate of drug-likeness (QED) is 0.823. The van der Waals surface area contributed by atoms with Crippen LogP contribution in [0.4, 0.5) is 5.82 Å². The third kappa shape index (κ3) is 3.53. The van der Waals surface area contributed by atoms with Crippen LogP contribution < -0.4 is 4.72 Å². The van der Waals surface area contributed by atoms with Gasteiger partial charge in [0.25, 0.3) is 10.0 Å². The Hall–Kier alpha value is -0.960. The van der Waals surface area contributed by atoms with E-state index in [0.717, 1.165) is 0 Å². The van der Waals surface area contributed by atoms with Crippen molar-refractivity contribution in [1.29, 1.82) is 0 Å². The molecule has 0 atom stereocenters. The van der Waals surface area contributed by atoms with E-state index < -0.39 is 10.0 Å². The highest BCUT2D eigenvalue weighted by Crippen LogP contribution is 2.24.